The number of pyridine rings is 2. The van der Waals surface area contributed by atoms with Gasteiger partial charge in [-0.2, -0.15) is 0 Å². The molecule has 0 unspecified atom stereocenters. The molecule has 4 N–H and O–H groups in total. The van der Waals surface area contributed by atoms with Gasteiger partial charge >= 0.3 is 0 Å². The number of methoxy groups -OCH3 is 4. The first-order chi connectivity index (χ1) is 23.1. The Balaban J connectivity index is 1.77. The van der Waals surface area contributed by atoms with Gasteiger partial charge in [-0.1, -0.05) is 0 Å². The quantitative estimate of drug-likeness (QED) is 0.147. The lowest BCUT2D eigenvalue weighted by molar-refractivity contribution is -0.135. The van der Waals surface area contributed by atoms with Crippen LogP contribution in [0.4, 0.5) is 8.78 Å². The number of nitrogens with zero attached hydrogens (tertiary/aromatic N) is 2. The number of hydrogen-bond donors (Lipinski definition) is 4. The number of hydrogen-bond acceptors (Lipinski definition) is 10. The monoisotopic (exact) mass is 666 g/mol. The van der Waals surface area contributed by atoms with E-state index in [4.69, 9.17) is 18.9 Å². The molecule has 2 aromatic heterocycles. The lowest BCUT2D eigenvalue weighted by Crippen LogP contribution is -2.44. The van der Waals surface area contributed by atoms with Crippen LogP contribution in [-0.2, 0) is 35.5 Å². The smallest absolute Gasteiger partial charge is 0.224 e. The number of amides is 2. The highest BCUT2D eigenvalue weighted by Crippen LogP contribution is 2.40. The molecule has 14 heteroatoms. The van der Waals surface area contributed by atoms with Crippen molar-refractivity contribution in [1.82, 2.24) is 20.6 Å². The maximum absolute atomic E-state index is 14.1. The van der Waals surface area contributed by atoms with Crippen LogP contribution in [0.15, 0.2) is 60.9 Å². The maximum atomic E-state index is 14.1. The van der Waals surface area contributed by atoms with Crippen molar-refractivity contribution in [2.45, 2.75) is 25.9 Å². The molecule has 4 aromatic rings. The highest BCUT2D eigenvalue weighted by atomic mass is 19.1. The predicted octanol–water partition coefficient (Wildman–Crippen LogP) is 3.85. The molecule has 2 amide bonds. The van der Waals surface area contributed by atoms with Gasteiger partial charge in [-0.05, 0) is 72.5 Å². The number of nitrogens with one attached hydrogen (secondary N) is 2. The topological polar surface area (TPSA) is 161 Å². The summed E-state index contributed by atoms with van der Waals surface area (Å²) in [5, 5.41) is 26.6. The third-order valence-corrected chi connectivity index (χ3v) is 7.61. The summed E-state index contributed by atoms with van der Waals surface area (Å²) in [6.07, 6.45) is 1.99. The van der Waals surface area contributed by atoms with E-state index >= 15 is 0 Å². The van der Waals surface area contributed by atoms with E-state index < -0.39 is 35.3 Å². The Morgan fingerprint density at radius 2 is 0.979 bits per heavy atom. The molecule has 0 aliphatic rings. The summed E-state index contributed by atoms with van der Waals surface area (Å²) in [5.74, 6) is -4.40. The van der Waals surface area contributed by atoms with Gasteiger partial charge in [0.15, 0.2) is 23.0 Å². The number of aromatic hydroxyl groups is 2. The average Bonchev–Trinajstić information content (AvgIpc) is 3.09. The first-order valence-electron chi connectivity index (χ1n) is 14.7. The summed E-state index contributed by atoms with van der Waals surface area (Å²) < 4.78 is 48.2. The van der Waals surface area contributed by atoms with Gasteiger partial charge in [0.2, 0.25) is 23.3 Å². The third-order valence-electron chi connectivity index (χ3n) is 7.61. The van der Waals surface area contributed by atoms with Crippen LogP contribution in [0.1, 0.15) is 22.5 Å². The number of halogens is 2. The van der Waals surface area contributed by atoms with Crippen molar-refractivity contribution in [1.29, 1.82) is 0 Å². The van der Waals surface area contributed by atoms with E-state index in [1.807, 2.05) is 0 Å². The fourth-order valence-electron chi connectivity index (χ4n) is 5.11. The third kappa shape index (κ3) is 8.78. The second kappa shape index (κ2) is 16.3. The van der Waals surface area contributed by atoms with E-state index in [9.17, 15) is 28.6 Å². The zero-order valence-electron chi connectivity index (χ0n) is 26.8. The van der Waals surface area contributed by atoms with Gasteiger partial charge < -0.3 is 39.8 Å². The predicted molar refractivity (Wildman–Crippen MR) is 169 cm³/mol. The van der Waals surface area contributed by atoms with Crippen LogP contribution < -0.4 is 29.6 Å². The Bertz CT molecular complexity index is 1540. The van der Waals surface area contributed by atoms with E-state index in [2.05, 4.69) is 20.6 Å². The minimum absolute atomic E-state index is 0.0328. The molecule has 2 heterocycles. The van der Waals surface area contributed by atoms with Crippen molar-refractivity contribution in [3.63, 3.8) is 0 Å². The normalized spacial score (nSPS) is 12.0. The zero-order valence-corrected chi connectivity index (χ0v) is 26.8. The standard InChI is InChI=1S/C34H36F2N4O8/c1-45-27-11-19(12-28(46-2)31(27)41)9-25(33(43)39-17-23-7-5-21(35)15-37-23)26(34(44)40-18-24-8-6-22(36)16-38-24)10-20-13-29(47-3)32(42)30(14-20)48-4/h5-8,11-16,25-26,41-42H,9-10,17-18H2,1-4H3,(H,39,43)(H,40,44)/t25-,26+. The molecule has 2 atom stereocenters. The Labute approximate surface area is 275 Å². The number of phenols is 2. The Kier molecular flexibility index (Phi) is 11.9. The Morgan fingerprint density at radius 3 is 1.25 bits per heavy atom. The minimum Gasteiger partial charge on any atom is -0.502 e. The fraction of sp³-hybridized carbons (Fsp3) is 0.294. The molecule has 4 rings (SSSR count). The molecule has 0 saturated heterocycles. The van der Waals surface area contributed by atoms with E-state index in [1.54, 1.807) is 0 Å². The van der Waals surface area contributed by atoms with Crippen LogP contribution in [0.25, 0.3) is 0 Å². The molecule has 0 saturated carbocycles. The lowest BCUT2D eigenvalue weighted by Gasteiger charge is -2.27. The maximum Gasteiger partial charge on any atom is 0.224 e. The summed E-state index contributed by atoms with van der Waals surface area (Å²) in [5.41, 5.74) is 1.77. The van der Waals surface area contributed by atoms with E-state index in [0.717, 1.165) is 12.4 Å². The molecule has 0 spiro atoms. The van der Waals surface area contributed by atoms with Crippen LogP contribution in [0, 0.1) is 23.5 Å². The molecular formula is C34H36F2N4O8. The molecular weight excluding hydrogens is 630 g/mol. The van der Waals surface area contributed by atoms with Crippen LogP contribution in [0.3, 0.4) is 0 Å². The van der Waals surface area contributed by atoms with Gasteiger partial charge in [0.05, 0.1) is 77.1 Å². The number of ether oxygens (including phenoxy) is 4. The van der Waals surface area contributed by atoms with Gasteiger partial charge in [0, 0.05) is 0 Å². The van der Waals surface area contributed by atoms with Gasteiger partial charge in [-0.15, -0.1) is 0 Å². The number of benzene rings is 2. The highest BCUT2D eigenvalue weighted by Gasteiger charge is 2.35. The first kappa shape index (κ1) is 35.2. The first-order valence-corrected chi connectivity index (χ1v) is 14.7. The summed E-state index contributed by atoms with van der Waals surface area (Å²) in [7, 11) is 5.46. The second-order valence-electron chi connectivity index (χ2n) is 10.7. The van der Waals surface area contributed by atoms with Crippen LogP contribution in [0.2, 0.25) is 0 Å². The molecule has 48 heavy (non-hydrogen) atoms. The average molecular weight is 667 g/mol. The molecule has 0 aliphatic carbocycles. The van der Waals surface area contributed by atoms with Gasteiger partial charge in [0.25, 0.3) is 0 Å². The lowest BCUT2D eigenvalue weighted by atomic mass is 9.81. The summed E-state index contributed by atoms with van der Waals surface area (Å²) in [6, 6.07) is 11.4. The molecule has 254 valence electrons. The van der Waals surface area contributed by atoms with Crippen molar-refractivity contribution in [3.05, 3.63) is 95.1 Å². The van der Waals surface area contributed by atoms with Crippen molar-refractivity contribution in [2.75, 3.05) is 28.4 Å². The van der Waals surface area contributed by atoms with Crippen LogP contribution in [0.5, 0.6) is 34.5 Å². The number of aromatic nitrogens is 2. The molecule has 2 aromatic carbocycles. The number of carbonyl (C=O) groups is 2. The molecule has 0 bridgehead atoms. The van der Waals surface area contributed by atoms with E-state index in [-0.39, 0.29) is 60.4 Å². The van der Waals surface area contributed by atoms with Gasteiger partial charge in [-0.25, -0.2) is 8.78 Å². The van der Waals surface area contributed by atoms with E-state index in [1.165, 1.54) is 77.0 Å². The van der Waals surface area contributed by atoms with Gasteiger partial charge in [-0.3, -0.25) is 19.6 Å². The van der Waals surface area contributed by atoms with Crippen LogP contribution in [-0.4, -0.2) is 60.4 Å². The minimum atomic E-state index is -1.07. The molecule has 0 radical (unpaired) electrons. The number of rotatable bonds is 15. The molecule has 0 aliphatic heterocycles. The summed E-state index contributed by atoms with van der Waals surface area (Å²) in [6.45, 7) is -0.126. The van der Waals surface area contributed by atoms with Crippen LogP contribution >= 0.6 is 0 Å². The van der Waals surface area contributed by atoms with Gasteiger partial charge in [0.1, 0.15) is 11.6 Å². The van der Waals surface area contributed by atoms with E-state index in [0.29, 0.717) is 22.5 Å². The zero-order chi connectivity index (χ0) is 34.8. The summed E-state index contributed by atoms with van der Waals surface area (Å²) in [4.78, 5) is 36.1. The summed E-state index contributed by atoms with van der Waals surface area (Å²) >= 11 is 0. The largest absolute Gasteiger partial charge is 0.502 e. The van der Waals surface area contributed by atoms with Crippen molar-refractivity contribution in [3.8, 4) is 34.5 Å². The number of carbonyl (C=O) groups excluding carboxylic acids is 2. The second-order valence-corrected chi connectivity index (χ2v) is 10.7. The highest BCUT2D eigenvalue weighted by molar-refractivity contribution is 5.88. The van der Waals surface area contributed by atoms with Crippen molar-refractivity contribution in [2.24, 2.45) is 11.8 Å². The molecule has 0 fully saturated rings. The van der Waals surface area contributed by atoms with Crippen molar-refractivity contribution >= 4 is 11.8 Å². The number of phenolic OH excluding ortho intramolecular Hbond substituents is 2. The fourth-order valence-corrected chi connectivity index (χ4v) is 5.11. The Morgan fingerprint density at radius 1 is 0.646 bits per heavy atom. The Hall–Kier alpha value is -5.66. The SMILES string of the molecule is COc1cc(C[C@H](C(=O)NCc2ccc(F)cn2)[C@@H](Cc2cc(OC)c(O)c(OC)c2)C(=O)NCc2ccc(F)cn2)cc(OC)c1O. The molecule has 12 nitrogen and oxygen atoms in total. The van der Waals surface area contributed by atoms with Crippen molar-refractivity contribution < 1.29 is 47.5 Å².